The molecule has 5 nitrogen and oxygen atoms in total. The Hall–Kier alpha value is -3.70. The maximum atomic E-state index is 13.2. The predicted molar refractivity (Wildman–Crippen MR) is 149 cm³/mol. The van der Waals surface area contributed by atoms with Crippen LogP contribution < -0.4 is 4.90 Å². The number of hydrogen-bond donors (Lipinski definition) is 1. The summed E-state index contributed by atoms with van der Waals surface area (Å²) in [4.78, 5) is 17.6. The molecule has 2 atom stereocenters. The lowest BCUT2D eigenvalue weighted by Crippen LogP contribution is -2.29. The van der Waals surface area contributed by atoms with Gasteiger partial charge in [0.1, 0.15) is 0 Å². The summed E-state index contributed by atoms with van der Waals surface area (Å²) in [7, 11) is 1.89. The second-order valence-corrected chi connectivity index (χ2v) is 10.9. The number of carbonyl (C=O) groups excluding carboxylic acids is 1. The fourth-order valence-electron chi connectivity index (χ4n) is 6.55. The number of anilines is 1. The number of H-pyrrole nitrogens is 1. The minimum atomic E-state index is -0.401. The molecule has 5 heteroatoms. The van der Waals surface area contributed by atoms with Gasteiger partial charge in [0, 0.05) is 30.6 Å². The Kier molecular flexibility index (Phi) is 5.29. The van der Waals surface area contributed by atoms with Crippen LogP contribution in [-0.2, 0) is 16.8 Å². The molecule has 3 heterocycles. The molecular formula is C32H32N4O. The van der Waals surface area contributed by atoms with E-state index in [1.807, 2.05) is 24.1 Å². The fraction of sp³-hybridized carbons (Fsp3) is 0.312. The van der Waals surface area contributed by atoms with Crippen LogP contribution in [0.15, 0.2) is 66.7 Å². The molecule has 2 aliphatic heterocycles. The average molecular weight is 489 g/mol. The molecule has 1 aliphatic carbocycles. The van der Waals surface area contributed by atoms with E-state index in [2.05, 4.69) is 81.8 Å². The van der Waals surface area contributed by atoms with Crippen molar-refractivity contribution >= 4 is 34.6 Å². The maximum Gasteiger partial charge on any atom is 0.238 e. The van der Waals surface area contributed by atoms with Crippen molar-refractivity contribution in [2.75, 3.05) is 25.0 Å². The van der Waals surface area contributed by atoms with Crippen LogP contribution in [0.5, 0.6) is 0 Å². The van der Waals surface area contributed by atoms with Gasteiger partial charge < -0.3 is 4.90 Å². The van der Waals surface area contributed by atoms with Crippen LogP contribution in [0, 0.1) is 0 Å². The van der Waals surface area contributed by atoms with Gasteiger partial charge in [-0.1, -0.05) is 67.1 Å². The molecule has 1 saturated carbocycles. The number of nitrogens with zero attached hydrogens (tertiary/aromatic N) is 3. The van der Waals surface area contributed by atoms with E-state index in [0.717, 1.165) is 35.2 Å². The zero-order valence-corrected chi connectivity index (χ0v) is 21.3. The molecule has 7 rings (SSSR count). The molecule has 0 bridgehead atoms. The zero-order valence-electron chi connectivity index (χ0n) is 21.3. The molecule has 1 aromatic heterocycles. The lowest BCUT2D eigenvalue weighted by Gasteiger charge is -2.26. The Morgan fingerprint density at radius 3 is 2.65 bits per heavy atom. The molecule has 0 radical (unpaired) electrons. The molecule has 1 amide bonds. The van der Waals surface area contributed by atoms with E-state index in [1.165, 1.54) is 54.6 Å². The first-order valence-corrected chi connectivity index (χ1v) is 13.5. The highest BCUT2D eigenvalue weighted by Crippen LogP contribution is 2.66. The van der Waals surface area contributed by atoms with Crippen LogP contribution in [0.4, 0.5) is 5.69 Å². The first-order chi connectivity index (χ1) is 18.1. The quantitative estimate of drug-likeness (QED) is 0.368. The number of para-hydroxylation sites is 1. The summed E-state index contributed by atoms with van der Waals surface area (Å²) >= 11 is 0. The molecule has 4 aromatic rings. The highest BCUT2D eigenvalue weighted by molar-refractivity contribution is 6.11. The normalized spacial score (nSPS) is 23.4. The molecule has 1 N–H and O–H groups in total. The minimum absolute atomic E-state index is 0.209. The molecular weight excluding hydrogens is 456 g/mol. The number of likely N-dealkylation sites (N-methyl/N-ethyl adjacent to an activating group) is 1. The fourth-order valence-corrected chi connectivity index (χ4v) is 6.55. The Morgan fingerprint density at radius 1 is 1.00 bits per heavy atom. The number of aromatic amines is 1. The maximum absolute atomic E-state index is 13.2. The van der Waals surface area contributed by atoms with Crippen molar-refractivity contribution in [1.29, 1.82) is 0 Å². The van der Waals surface area contributed by atoms with E-state index in [0.29, 0.717) is 0 Å². The average Bonchev–Trinajstić information content (AvgIpc) is 3.52. The Bertz CT molecular complexity index is 1510. The van der Waals surface area contributed by atoms with Crippen molar-refractivity contribution in [3.8, 4) is 0 Å². The molecule has 3 aliphatic rings. The highest BCUT2D eigenvalue weighted by Gasteiger charge is 2.66. The number of hydrogen-bond acceptors (Lipinski definition) is 3. The molecule has 1 saturated heterocycles. The largest absolute Gasteiger partial charge is 0.314 e. The van der Waals surface area contributed by atoms with E-state index in [-0.39, 0.29) is 11.8 Å². The highest BCUT2D eigenvalue weighted by atomic mass is 16.2. The molecule has 37 heavy (non-hydrogen) atoms. The Morgan fingerprint density at radius 2 is 1.81 bits per heavy atom. The van der Waals surface area contributed by atoms with Gasteiger partial charge >= 0.3 is 0 Å². The van der Waals surface area contributed by atoms with E-state index < -0.39 is 5.41 Å². The van der Waals surface area contributed by atoms with Gasteiger partial charge in [-0.2, -0.15) is 5.10 Å². The van der Waals surface area contributed by atoms with Gasteiger partial charge in [0.15, 0.2) is 0 Å². The Balaban J connectivity index is 1.08. The lowest BCUT2D eigenvalue weighted by atomic mass is 9.92. The van der Waals surface area contributed by atoms with Gasteiger partial charge in [0.25, 0.3) is 0 Å². The number of piperidine rings is 1. The van der Waals surface area contributed by atoms with E-state index >= 15 is 0 Å². The third-order valence-corrected chi connectivity index (χ3v) is 8.68. The number of benzene rings is 3. The van der Waals surface area contributed by atoms with Gasteiger partial charge in [-0.15, -0.1) is 0 Å². The van der Waals surface area contributed by atoms with Crippen LogP contribution in [0.2, 0.25) is 0 Å². The summed E-state index contributed by atoms with van der Waals surface area (Å²) in [6, 6.07) is 23.6. The number of nitrogens with one attached hydrogen (secondary N) is 1. The Labute approximate surface area is 217 Å². The van der Waals surface area contributed by atoms with Gasteiger partial charge in [-0.05, 0) is 72.8 Å². The zero-order chi connectivity index (χ0) is 25.0. The molecule has 0 unspecified atom stereocenters. The third kappa shape index (κ3) is 3.72. The summed E-state index contributed by atoms with van der Waals surface area (Å²) < 4.78 is 0. The summed E-state index contributed by atoms with van der Waals surface area (Å²) in [6.45, 7) is 3.49. The summed E-state index contributed by atoms with van der Waals surface area (Å²) in [5.41, 5.74) is 7.53. The minimum Gasteiger partial charge on any atom is -0.314 e. The number of rotatable bonds is 5. The first-order valence-electron chi connectivity index (χ1n) is 13.5. The lowest BCUT2D eigenvalue weighted by molar-refractivity contribution is -0.120. The van der Waals surface area contributed by atoms with Gasteiger partial charge in [0.2, 0.25) is 5.91 Å². The van der Waals surface area contributed by atoms with Gasteiger partial charge in [0.05, 0.1) is 16.6 Å². The predicted octanol–water partition coefficient (Wildman–Crippen LogP) is 6.12. The smallest absolute Gasteiger partial charge is 0.238 e. The van der Waals surface area contributed by atoms with Crippen LogP contribution in [0.1, 0.15) is 59.5 Å². The molecule has 1 spiro atoms. The molecule has 186 valence electrons. The van der Waals surface area contributed by atoms with E-state index in [4.69, 9.17) is 0 Å². The monoisotopic (exact) mass is 488 g/mol. The van der Waals surface area contributed by atoms with Crippen molar-refractivity contribution in [1.82, 2.24) is 15.1 Å². The van der Waals surface area contributed by atoms with Crippen LogP contribution in [0.25, 0.3) is 23.1 Å². The van der Waals surface area contributed by atoms with Crippen LogP contribution >= 0.6 is 0 Å². The van der Waals surface area contributed by atoms with Gasteiger partial charge in [-0.25, -0.2) is 0 Å². The van der Waals surface area contributed by atoms with Crippen molar-refractivity contribution < 1.29 is 4.79 Å². The van der Waals surface area contributed by atoms with Crippen LogP contribution in [-0.4, -0.2) is 41.1 Å². The summed E-state index contributed by atoms with van der Waals surface area (Å²) in [5, 5.41) is 8.91. The number of carbonyl (C=O) groups is 1. The molecule has 3 aromatic carbocycles. The summed E-state index contributed by atoms with van der Waals surface area (Å²) in [5.74, 6) is 0.426. The SMILES string of the molecule is CN1C(=O)[C@@]2(C[C@H]2c2ccc3c(C=Cc4ccc(CN5CCCCC5)cc4)n[nH]c3c2)c2ccccc21. The summed E-state index contributed by atoms with van der Waals surface area (Å²) in [6.07, 6.45) is 9.11. The van der Waals surface area contributed by atoms with Crippen molar-refractivity contribution in [3.05, 3.63) is 94.7 Å². The topological polar surface area (TPSA) is 52.2 Å². The molecule has 2 fully saturated rings. The number of likely N-dealkylation sites (tertiary alicyclic amines) is 1. The van der Waals surface area contributed by atoms with Crippen molar-refractivity contribution in [2.24, 2.45) is 0 Å². The number of aromatic nitrogens is 2. The first kappa shape index (κ1) is 22.5. The number of amides is 1. The third-order valence-electron chi connectivity index (χ3n) is 8.68. The number of fused-ring (bicyclic) bond motifs is 3. The van der Waals surface area contributed by atoms with Crippen molar-refractivity contribution in [3.63, 3.8) is 0 Å². The van der Waals surface area contributed by atoms with E-state index in [1.54, 1.807) is 0 Å². The van der Waals surface area contributed by atoms with Crippen LogP contribution in [0.3, 0.4) is 0 Å². The second-order valence-electron chi connectivity index (χ2n) is 10.9. The van der Waals surface area contributed by atoms with Crippen molar-refractivity contribution in [2.45, 2.75) is 43.6 Å². The van der Waals surface area contributed by atoms with E-state index in [9.17, 15) is 4.79 Å². The van der Waals surface area contributed by atoms with Gasteiger partial charge in [-0.3, -0.25) is 14.8 Å². The second kappa shape index (κ2) is 8.70. The standard InChI is InChI=1S/C32H32N4O/c1-35-30-8-4-3-7-26(30)32(31(35)37)20-27(32)24-14-15-25-28(33-34-29(25)19-24)16-13-22-9-11-23(12-10-22)21-36-17-5-2-6-18-36/h3-4,7-16,19,27H,2,5-6,17-18,20-21H2,1H3,(H,33,34)/t27-,32-/m0/s1.